The van der Waals surface area contributed by atoms with E-state index in [-0.39, 0.29) is 5.84 Å². The topological polar surface area (TPSA) is 65.1 Å². The van der Waals surface area contributed by atoms with Crippen molar-refractivity contribution in [3.8, 4) is 0 Å². The first-order valence-corrected chi connectivity index (χ1v) is 7.21. The molecule has 20 heavy (non-hydrogen) atoms. The van der Waals surface area contributed by atoms with Crippen LogP contribution in [0.5, 0.6) is 0 Å². The average Bonchev–Trinajstić information content (AvgIpc) is 2.46. The van der Waals surface area contributed by atoms with Gasteiger partial charge in [0.2, 0.25) is 0 Å². The van der Waals surface area contributed by atoms with E-state index in [2.05, 4.69) is 28.8 Å². The van der Waals surface area contributed by atoms with Crippen LogP contribution in [0.4, 0.5) is 5.69 Å². The molecule has 1 aromatic rings. The fourth-order valence-electron chi connectivity index (χ4n) is 2.76. The van der Waals surface area contributed by atoms with E-state index >= 15 is 0 Å². The summed E-state index contributed by atoms with van der Waals surface area (Å²) < 4.78 is 0. The van der Waals surface area contributed by atoms with E-state index in [9.17, 15) is 0 Å². The Balaban J connectivity index is 2.32. The van der Waals surface area contributed by atoms with Crippen molar-refractivity contribution in [2.75, 3.05) is 31.1 Å². The number of amidine groups is 1. The Morgan fingerprint density at radius 2 is 2.25 bits per heavy atom. The molecular weight excluding hydrogens is 276 g/mol. The predicted molar refractivity (Wildman–Crippen MR) is 82.9 cm³/mol. The lowest BCUT2D eigenvalue weighted by Gasteiger charge is -2.41. The molecule has 6 heteroatoms. The third kappa shape index (κ3) is 2.83. The van der Waals surface area contributed by atoms with Crippen LogP contribution in [-0.2, 0) is 0 Å². The molecule has 1 aromatic carbocycles. The van der Waals surface area contributed by atoms with Gasteiger partial charge in [0, 0.05) is 31.4 Å². The van der Waals surface area contributed by atoms with Crippen molar-refractivity contribution in [2.45, 2.75) is 19.9 Å². The first kappa shape index (κ1) is 14.9. The molecule has 2 rings (SSSR count). The molecule has 1 atom stereocenters. The van der Waals surface area contributed by atoms with Crippen molar-refractivity contribution in [2.24, 2.45) is 10.9 Å². The van der Waals surface area contributed by atoms with E-state index in [0.717, 1.165) is 31.9 Å². The minimum Gasteiger partial charge on any atom is -0.409 e. The molecule has 1 saturated heterocycles. The molecule has 5 nitrogen and oxygen atoms in total. The van der Waals surface area contributed by atoms with Gasteiger partial charge in [-0.3, -0.25) is 4.90 Å². The van der Waals surface area contributed by atoms with Crippen LogP contribution in [-0.4, -0.2) is 48.2 Å². The summed E-state index contributed by atoms with van der Waals surface area (Å²) in [6.07, 6.45) is 0. The summed E-state index contributed by atoms with van der Waals surface area (Å²) in [5.74, 6) is 0.0520. The second kappa shape index (κ2) is 6.33. The molecule has 0 radical (unpaired) electrons. The number of benzene rings is 1. The number of halogens is 1. The molecule has 1 unspecified atom stereocenters. The zero-order chi connectivity index (χ0) is 14.7. The molecule has 0 spiro atoms. The van der Waals surface area contributed by atoms with Gasteiger partial charge in [0.15, 0.2) is 5.84 Å². The minimum atomic E-state index is 0.0520. The fourth-order valence-corrected chi connectivity index (χ4v) is 3.03. The Morgan fingerprint density at radius 1 is 1.50 bits per heavy atom. The van der Waals surface area contributed by atoms with Crippen molar-refractivity contribution in [3.05, 3.63) is 28.8 Å². The van der Waals surface area contributed by atoms with Gasteiger partial charge in [-0.1, -0.05) is 29.7 Å². The van der Waals surface area contributed by atoms with E-state index in [4.69, 9.17) is 22.5 Å². The zero-order valence-electron chi connectivity index (χ0n) is 11.9. The first-order chi connectivity index (χ1) is 9.58. The molecule has 0 aromatic heterocycles. The number of likely N-dealkylation sites (N-methyl/N-ethyl adjacent to an activating group) is 1. The molecule has 1 aliphatic heterocycles. The molecular formula is C14H21ClN4O. The van der Waals surface area contributed by atoms with Gasteiger partial charge >= 0.3 is 0 Å². The highest BCUT2D eigenvalue weighted by molar-refractivity contribution is 6.34. The van der Waals surface area contributed by atoms with E-state index in [0.29, 0.717) is 16.6 Å². The van der Waals surface area contributed by atoms with Gasteiger partial charge in [0.1, 0.15) is 0 Å². The van der Waals surface area contributed by atoms with Crippen molar-refractivity contribution in [1.29, 1.82) is 0 Å². The maximum atomic E-state index is 8.95. The number of hydrogen-bond donors (Lipinski definition) is 2. The van der Waals surface area contributed by atoms with E-state index < -0.39 is 0 Å². The molecule has 0 amide bonds. The highest BCUT2D eigenvalue weighted by Gasteiger charge is 2.25. The molecule has 0 saturated carbocycles. The number of nitrogens with zero attached hydrogens (tertiary/aromatic N) is 3. The smallest absolute Gasteiger partial charge is 0.173 e. The van der Waals surface area contributed by atoms with E-state index in [1.54, 1.807) is 6.07 Å². The van der Waals surface area contributed by atoms with Crippen LogP contribution in [0.2, 0.25) is 5.02 Å². The molecule has 0 aliphatic carbocycles. The molecule has 110 valence electrons. The van der Waals surface area contributed by atoms with E-state index in [1.807, 2.05) is 12.1 Å². The highest BCUT2D eigenvalue weighted by atomic mass is 35.5. The minimum absolute atomic E-state index is 0.0520. The van der Waals surface area contributed by atoms with Gasteiger partial charge in [-0.15, -0.1) is 0 Å². The van der Waals surface area contributed by atoms with Crippen molar-refractivity contribution < 1.29 is 5.21 Å². The van der Waals surface area contributed by atoms with E-state index in [1.165, 1.54) is 0 Å². The first-order valence-electron chi connectivity index (χ1n) is 6.83. The highest BCUT2D eigenvalue weighted by Crippen LogP contribution is 2.29. The quantitative estimate of drug-likeness (QED) is 0.387. The average molecular weight is 297 g/mol. The fraction of sp³-hybridized carbons (Fsp3) is 0.500. The van der Waals surface area contributed by atoms with Crippen LogP contribution in [0, 0.1) is 0 Å². The van der Waals surface area contributed by atoms with Crippen LogP contribution in [0.15, 0.2) is 23.4 Å². The van der Waals surface area contributed by atoms with Gasteiger partial charge in [-0.2, -0.15) is 0 Å². The standard InChI is InChI=1S/C14H21ClN4O/c1-3-18-7-8-19(9-10(18)2)12-6-4-5-11(15)13(12)14(16)17-20/h4-6,10,20H,3,7-9H2,1-2H3,(H2,16,17). The maximum absolute atomic E-state index is 8.95. The normalized spacial score (nSPS) is 21.2. The van der Waals surface area contributed by atoms with Crippen LogP contribution < -0.4 is 10.6 Å². The molecule has 1 fully saturated rings. The lowest BCUT2D eigenvalue weighted by atomic mass is 10.1. The van der Waals surface area contributed by atoms with Crippen LogP contribution in [0.1, 0.15) is 19.4 Å². The van der Waals surface area contributed by atoms with Gasteiger partial charge in [-0.25, -0.2) is 0 Å². The number of piperazine rings is 1. The van der Waals surface area contributed by atoms with Gasteiger partial charge in [0.25, 0.3) is 0 Å². The Hall–Kier alpha value is -1.46. The van der Waals surface area contributed by atoms with Crippen LogP contribution in [0.25, 0.3) is 0 Å². The summed E-state index contributed by atoms with van der Waals surface area (Å²) in [5, 5.41) is 12.5. The number of oxime groups is 1. The number of hydrogen-bond acceptors (Lipinski definition) is 4. The van der Waals surface area contributed by atoms with Crippen LogP contribution in [0.3, 0.4) is 0 Å². The molecule has 1 heterocycles. The molecule has 3 N–H and O–H groups in total. The third-order valence-corrected chi connectivity index (χ3v) is 4.18. The summed E-state index contributed by atoms with van der Waals surface area (Å²) in [5.41, 5.74) is 7.30. The van der Waals surface area contributed by atoms with Crippen LogP contribution >= 0.6 is 11.6 Å². The second-order valence-electron chi connectivity index (χ2n) is 5.04. The van der Waals surface area contributed by atoms with Gasteiger partial charge in [-0.05, 0) is 25.6 Å². The molecule has 0 bridgehead atoms. The predicted octanol–water partition coefficient (Wildman–Crippen LogP) is 1.96. The maximum Gasteiger partial charge on any atom is 0.173 e. The Bertz CT molecular complexity index is 506. The Kier molecular flexibility index (Phi) is 4.73. The number of rotatable bonds is 3. The number of anilines is 1. The lowest BCUT2D eigenvalue weighted by Crippen LogP contribution is -2.52. The van der Waals surface area contributed by atoms with Crippen molar-refractivity contribution >= 4 is 23.1 Å². The summed E-state index contributed by atoms with van der Waals surface area (Å²) >= 11 is 6.21. The Labute approximate surface area is 124 Å². The van der Waals surface area contributed by atoms with Crippen molar-refractivity contribution in [3.63, 3.8) is 0 Å². The number of nitrogens with two attached hydrogens (primary N) is 1. The summed E-state index contributed by atoms with van der Waals surface area (Å²) in [6.45, 7) is 8.25. The SMILES string of the molecule is CCN1CCN(c2cccc(Cl)c2C(N)=NO)CC1C. The van der Waals surface area contributed by atoms with Crippen molar-refractivity contribution in [1.82, 2.24) is 4.90 Å². The summed E-state index contributed by atoms with van der Waals surface area (Å²) in [7, 11) is 0. The largest absolute Gasteiger partial charge is 0.409 e. The second-order valence-corrected chi connectivity index (χ2v) is 5.45. The monoisotopic (exact) mass is 296 g/mol. The summed E-state index contributed by atoms with van der Waals surface area (Å²) in [6, 6.07) is 6.08. The molecule has 1 aliphatic rings. The third-order valence-electron chi connectivity index (χ3n) is 3.87. The van der Waals surface area contributed by atoms with Gasteiger partial charge < -0.3 is 15.8 Å². The lowest BCUT2D eigenvalue weighted by molar-refractivity contribution is 0.199. The Morgan fingerprint density at radius 3 is 2.85 bits per heavy atom. The van der Waals surface area contributed by atoms with Gasteiger partial charge in [0.05, 0.1) is 10.6 Å². The zero-order valence-corrected chi connectivity index (χ0v) is 12.6. The summed E-state index contributed by atoms with van der Waals surface area (Å²) in [4.78, 5) is 4.68.